The van der Waals surface area contributed by atoms with Crippen LogP contribution >= 0.6 is 27.5 Å². The van der Waals surface area contributed by atoms with Crippen molar-refractivity contribution in [3.8, 4) is 0 Å². The lowest BCUT2D eigenvalue weighted by Crippen LogP contribution is -2.04. The normalized spacial score (nSPS) is 13.0. The summed E-state index contributed by atoms with van der Waals surface area (Å²) < 4.78 is 13.6. The van der Waals surface area contributed by atoms with Crippen LogP contribution in [0.15, 0.2) is 16.6 Å². The monoisotopic (exact) mass is 266 g/mol. The largest absolute Gasteiger partial charge is 0.393 e. The first-order chi connectivity index (χ1) is 6.00. The van der Waals surface area contributed by atoms with Gasteiger partial charge in [0.05, 0.1) is 11.1 Å². The highest BCUT2D eigenvalue weighted by Crippen LogP contribution is 2.27. The van der Waals surface area contributed by atoms with Crippen molar-refractivity contribution in [1.82, 2.24) is 0 Å². The molecule has 0 amide bonds. The van der Waals surface area contributed by atoms with E-state index in [1.54, 1.807) is 13.0 Å². The minimum atomic E-state index is -0.479. The molecule has 1 unspecified atom stereocenters. The van der Waals surface area contributed by atoms with E-state index < -0.39 is 11.9 Å². The number of halogens is 3. The van der Waals surface area contributed by atoms with Crippen molar-refractivity contribution >= 4 is 27.5 Å². The average molecular weight is 268 g/mol. The van der Waals surface area contributed by atoms with Gasteiger partial charge in [0.1, 0.15) is 5.82 Å². The quantitative estimate of drug-likeness (QED) is 0.816. The molecule has 13 heavy (non-hydrogen) atoms. The van der Waals surface area contributed by atoms with E-state index in [1.165, 1.54) is 6.07 Å². The highest BCUT2D eigenvalue weighted by atomic mass is 79.9. The number of rotatable bonds is 2. The van der Waals surface area contributed by atoms with Gasteiger partial charge in [0.25, 0.3) is 0 Å². The van der Waals surface area contributed by atoms with Gasteiger partial charge in [0.15, 0.2) is 0 Å². The second-order valence-corrected chi connectivity index (χ2v) is 4.16. The molecule has 0 aliphatic heterocycles. The van der Waals surface area contributed by atoms with Crippen molar-refractivity contribution in [3.63, 3.8) is 0 Å². The maximum atomic E-state index is 13.0. The zero-order valence-corrected chi connectivity index (χ0v) is 9.36. The molecule has 0 heterocycles. The second-order valence-electron chi connectivity index (χ2n) is 2.93. The summed E-state index contributed by atoms with van der Waals surface area (Å²) in [6, 6.07) is 3.04. The summed E-state index contributed by atoms with van der Waals surface area (Å²) in [5, 5.41) is 9.16. The van der Waals surface area contributed by atoms with Crippen molar-refractivity contribution in [2.75, 3.05) is 0 Å². The molecule has 1 atom stereocenters. The van der Waals surface area contributed by atoms with E-state index in [4.69, 9.17) is 16.7 Å². The Balaban J connectivity index is 2.99. The maximum absolute atomic E-state index is 13.0. The Morgan fingerprint density at radius 3 is 2.69 bits per heavy atom. The molecule has 0 bridgehead atoms. The van der Waals surface area contributed by atoms with Crippen LogP contribution in [0.25, 0.3) is 0 Å². The van der Waals surface area contributed by atoms with Gasteiger partial charge in [-0.1, -0.05) is 11.6 Å². The van der Waals surface area contributed by atoms with Gasteiger partial charge in [-0.25, -0.2) is 4.39 Å². The van der Waals surface area contributed by atoms with Crippen LogP contribution in [0.2, 0.25) is 5.02 Å². The van der Waals surface area contributed by atoms with E-state index >= 15 is 0 Å². The molecule has 0 spiro atoms. The van der Waals surface area contributed by atoms with Gasteiger partial charge in [-0.15, -0.1) is 0 Å². The molecule has 1 aromatic carbocycles. The van der Waals surface area contributed by atoms with Gasteiger partial charge in [-0.2, -0.15) is 0 Å². The molecule has 1 aromatic rings. The smallest absolute Gasteiger partial charge is 0.143 e. The fourth-order valence-electron chi connectivity index (χ4n) is 1.07. The van der Waals surface area contributed by atoms with Crippen LogP contribution in [0, 0.1) is 5.82 Å². The van der Waals surface area contributed by atoms with Crippen LogP contribution in [-0.4, -0.2) is 11.2 Å². The zero-order chi connectivity index (χ0) is 10.0. The minimum Gasteiger partial charge on any atom is -0.393 e. The van der Waals surface area contributed by atoms with Crippen LogP contribution < -0.4 is 0 Å². The van der Waals surface area contributed by atoms with Gasteiger partial charge in [-0.05, 0) is 47.0 Å². The van der Waals surface area contributed by atoms with E-state index in [2.05, 4.69) is 15.9 Å². The Bertz CT molecular complexity index is 291. The van der Waals surface area contributed by atoms with Crippen LogP contribution in [0.3, 0.4) is 0 Å². The first kappa shape index (κ1) is 11.0. The molecule has 0 aliphatic carbocycles. The fraction of sp³-hybridized carbons (Fsp3) is 0.333. The Morgan fingerprint density at radius 2 is 2.23 bits per heavy atom. The number of hydrogen-bond donors (Lipinski definition) is 1. The van der Waals surface area contributed by atoms with Crippen molar-refractivity contribution < 1.29 is 9.50 Å². The standard InChI is InChI=1S/C9H9BrClFO/c1-5(13)2-6-3-7(10)9(11)8(12)4-6/h3-5,13H,2H2,1H3. The zero-order valence-electron chi connectivity index (χ0n) is 7.02. The number of aliphatic hydroxyl groups excluding tert-OH is 1. The van der Waals surface area contributed by atoms with Crippen molar-refractivity contribution in [2.45, 2.75) is 19.4 Å². The van der Waals surface area contributed by atoms with Gasteiger partial charge >= 0.3 is 0 Å². The third kappa shape index (κ3) is 2.93. The van der Waals surface area contributed by atoms with Crippen LogP contribution in [-0.2, 0) is 6.42 Å². The lowest BCUT2D eigenvalue weighted by atomic mass is 10.1. The Hall–Kier alpha value is -0.120. The van der Waals surface area contributed by atoms with Crippen molar-refractivity contribution in [2.24, 2.45) is 0 Å². The summed E-state index contributed by atoms with van der Waals surface area (Å²) in [5.41, 5.74) is 0.726. The van der Waals surface area contributed by atoms with Gasteiger partial charge in [0, 0.05) is 4.47 Å². The SMILES string of the molecule is CC(O)Cc1cc(F)c(Cl)c(Br)c1. The first-order valence-electron chi connectivity index (χ1n) is 3.82. The van der Waals surface area contributed by atoms with Crippen LogP contribution in [0.4, 0.5) is 4.39 Å². The molecular weight excluding hydrogens is 258 g/mol. The first-order valence-corrected chi connectivity index (χ1v) is 4.99. The Labute approximate surface area is 89.7 Å². The molecule has 0 radical (unpaired) electrons. The van der Waals surface area contributed by atoms with E-state index in [9.17, 15) is 4.39 Å². The summed E-state index contributed by atoms with van der Waals surface area (Å²) >= 11 is 8.74. The number of hydrogen-bond acceptors (Lipinski definition) is 1. The van der Waals surface area contributed by atoms with E-state index in [0.29, 0.717) is 10.9 Å². The lowest BCUT2D eigenvalue weighted by Gasteiger charge is -2.06. The predicted octanol–water partition coefficient (Wildman–Crippen LogP) is 3.16. The number of benzene rings is 1. The molecule has 4 heteroatoms. The van der Waals surface area contributed by atoms with E-state index in [-0.39, 0.29) is 5.02 Å². The summed E-state index contributed by atoms with van der Waals surface area (Å²) in [4.78, 5) is 0. The van der Waals surface area contributed by atoms with Crippen LogP contribution in [0.5, 0.6) is 0 Å². The summed E-state index contributed by atoms with van der Waals surface area (Å²) in [7, 11) is 0. The summed E-state index contributed by atoms with van der Waals surface area (Å²) in [6.07, 6.45) is -0.0559. The van der Waals surface area contributed by atoms with Gasteiger partial charge in [0.2, 0.25) is 0 Å². The van der Waals surface area contributed by atoms with Gasteiger partial charge in [-0.3, -0.25) is 0 Å². The topological polar surface area (TPSA) is 20.2 Å². The fourth-order valence-corrected chi connectivity index (χ4v) is 1.66. The summed E-state index contributed by atoms with van der Waals surface area (Å²) in [6.45, 7) is 1.65. The third-order valence-electron chi connectivity index (χ3n) is 1.57. The molecular formula is C9H9BrClFO. The molecule has 0 aromatic heterocycles. The average Bonchev–Trinajstić information content (AvgIpc) is 1.98. The maximum Gasteiger partial charge on any atom is 0.143 e. The molecule has 1 nitrogen and oxygen atoms in total. The Morgan fingerprint density at radius 1 is 1.62 bits per heavy atom. The van der Waals surface area contributed by atoms with Crippen LogP contribution in [0.1, 0.15) is 12.5 Å². The molecule has 0 fully saturated rings. The Kier molecular flexibility index (Phi) is 3.71. The summed E-state index contributed by atoms with van der Waals surface area (Å²) in [5.74, 6) is -0.466. The lowest BCUT2D eigenvalue weighted by molar-refractivity contribution is 0.195. The van der Waals surface area contributed by atoms with Crippen molar-refractivity contribution in [1.29, 1.82) is 0 Å². The van der Waals surface area contributed by atoms with E-state index in [1.807, 2.05) is 0 Å². The molecule has 0 saturated carbocycles. The highest BCUT2D eigenvalue weighted by molar-refractivity contribution is 9.10. The predicted molar refractivity (Wildman–Crippen MR) is 54.5 cm³/mol. The molecule has 72 valence electrons. The van der Waals surface area contributed by atoms with E-state index in [0.717, 1.165) is 5.56 Å². The second kappa shape index (κ2) is 4.40. The third-order valence-corrected chi connectivity index (χ3v) is 2.81. The number of aliphatic hydroxyl groups is 1. The van der Waals surface area contributed by atoms with Crippen molar-refractivity contribution in [3.05, 3.63) is 33.0 Å². The molecule has 1 N–H and O–H groups in total. The molecule has 1 rings (SSSR count). The minimum absolute atomic E-state index is 0.0781. The highest BCUT2D eigenvalue weighted by Gasteiger charge is 2.08. The molecule has 0 aliphatic rings. The molecule has 0 saturated heterocycles. The van der Waals surface area contributed by atoms with Gasteiger partial charge < -0.3 is 5.11 Å².